The zero-order valence-electron chi connectivity index (χ0n) is 42.4. The molecule has 7 aromatic rings. The molecule has 1 amide bonds. The minimum Gasteiger partial charge on any atom is -0.468 e. The van der Waals surface area contributed by atoms with Gasteiger partial charge in [0.05, 0.1) is 34.7 Å². The fourth-order valence-corrected chi connectivity index (χ4v) is 7.57. The standard InChI is InChI=1S/C22H18F3N3O2S.C15H18N2O2.C8H4F3NOS.C7H6F3NO.CCl2S/c1-21(2)19(29)28(15-7-9-16(10-8-15)30-22(23,24)25)20(31)27(21)13-14-11-12-26-18-6-4-3-5-17(14)18;1-15(2,14(18)19-3)17-10-11-8-9-16-13-7-5-4-6-12(11)13;9-8(10,11)13-7-3-1-6(2-4-7)12-5-14;8-7(9,10)12-6-3-1-5(11)2-4-6;2-1(3)4/h3-12H,13H2,1-2H3;4-9,17H,10H2,1-3H3;1-4H;1-4H,11H2;. The minimum atomic E-state index is -4.79. The summed E-state index contributed by atoms with van der Waals surface area (Å²) in [5.74, 6) is -1.46. The molecule has 5 aromatic carbocycles. The smallest absolute Gasteiger partial charge is 0.468 e. The highest BCUT2D eigenvalue weighted by molar-refractivity contribution is 7.86. The first-order chi connectivity index (χ1) is 37.3. The number of fused-ring (bicyclic) bond motifs is 2. The molecule has 1 fully saturated rings. The SMILES string of the molecule is CC1(C)C(=O)N(c2ccc(OC(F)(F)F)cc2)C(=S)N1Cc1ccnc2ccccc12.COC(=O)C(C)(C)NCc1ccnc2ccccc12.FC(F)(F)Oc1ccc(N=C=S)cc1.Nc1ccc(OC(F)(F)F)cc1.S=C(Cl)Cl. The Morgan fingerprint density at radius 3 is 1.55 bits per heavy atom. The van der Waals surface area contributed by atoms with Crippen LogP contribution in [-0.2, 0) is 27.4 Å². The van der Waals surface area contributed by atoms with Gasteiger partial charge in [0.15, 0.2) is 8.90 Å². The Morgan fingerprint density at radius 2 is 1.11 bits per heavy atom. The first-order valence-electron chi connectivity index (χ1n) is 22.7. The molecule has 1 saturated heterocycles. The summed E-state index contributed by atoms with van der Waals surface area (Å²) >= 11 is 23.6. The summed E-state index contributed by atoms with van der Waals surface area (Å²) in [6.45, 7) is 8.13. The van der Waals surface area contributed by atoms with Crippen molar-refractivity contribution < 1.29 is 68.1 Å². The maximum absolute atomic E-state index is 13.2. The van der Waals surface area contributed by atoms with E-state index in [4.69, 9.17) is 45.9 Å². The van der Waals surface area contributed by atoms with Crippen molar-refractivity contribution in [3.63, 3.8) is 0 Å². The summed E-state index contributed by atoms with van der Waals surface area (Å²) in [5, 5.41) is 7.65. The second-order valence-electron chi connectivity index (χ2n) is 17.1. The number of nitrogens with one attached hydrogen (secondary N) is 1. The van der Waals surface area contributed by atoms with E-state index in [1.165, 1.54) is 48.4 Å². The lowest BCUT2D eigenvalue weighted by Gasteiger charge is -2.29. The van der Waals surface area contributed by atoms with Crippen molar-refractivity contribution in [3.05, 3.63) is 157 Å². The molecule has 3 N–H and O–H groups in total. The molecule has 2 aromatic heterocycles. The molecule has 13 nitrogen and oxygen atoms in total. The maximum atomic E-state index is 13.2. The van der Waals surface area contributed by atoms with Crippen molar-refractivity contribution in [2.45, 2.75) is 70.9 Å². The van der Waals surface area contributed by atoms with Crippen molar-refractivity contribution in [2.24, 2.45) is 4.99 Å². The molecule has 0 unspecified atom stereocenters. The van der Waals surface area contributed by atoms with Crippen LogP contribution >= 0.6 is 59.9 Å². The number of para-hydroxylation sites is 2. The van der Waals surface area contributed by atoms with Gasteiger partial charge in [-0.2, -0.15) is 4.99 Å². The number of benzene rings is 5. The molecule has 8 rings (SSSR count). The van der Waals surface area contributed by atoms with Crippen LogP contribution in [0.25, 0.3) is 21.8 Å². The number of anilines is 2. The molecule has 1 aliphatic rings. The van der Waals surface area contributed by atoms with E-state index in [0.717, 1.165) is 69.3 Å². The number of hydrogen-bond acceptors (Lipinski definition) is 14. The molecule has 3 heterocycles. The number of nitrogen functional groups attached to an aromatic ring is 1. The van der Waals surface area contributed by atoms with Gasteiger partial charge in [-0.25, -0.2) is 0 Å². The van der Waals surface area contributed by atoms with Crippen molar-refractivity contribution >= 4 is 125 Å². The molecule has 0 spiro atoms. The summed E-state index contributed by atoms with van der Waals surface area (Å²) in [7, 11) is 1.40. The highest BCUT2D eigenvalue weighted by atomic mass is 35.5. The normalized spacial score (nSPS) is 12.9. The van der Waals surface area contributed by atoms with Crippen LogP contribution in [0, 0.1) is 0 Å². The molecule has 1 aliphatic heterocycles. The Morgan fingerprint density at radius 1 is 0.700 bits per heavy atom. The average Bonchev–Trinajstić information content (AvgIpc) is 3.84. The number of thiocarbonyl (C=S) groups is 3. The van der Waals surface area contributed by atoms with Gasteiger partial charge in [0.25, 0.3) is 5.91 Å². The number of aromatic nitrogens is 2. The van der Waals surface area contributed by atoms with Crippen LogP contribution in [0.2, 0.25) is 0 Å². The number of carbonyl (C=O) groups excluding carboxylic acids is 2. The molecule has 0 bridgehead atoms. The number of nitrogens with zero attached hydrogens (tertiary/aromatic N) is 5. The number of halogens is 11. The van der Waals surface area contributed by atoms with E-state index in [-0.39, 0.29) is 38.0 Å². The number of amides is 1. The highest BCUT2D eigenvalue weighted by Crippen LogP contribution is 2.36. The highest BCUT2D eigenvalue weighted by Gasteiger charge is 2.49. The van der Waals surface area contributed by atoms with Crippen molar-refractivity contribution in [2.75, 3.05) is 17.7 Å². The van der Waals surface area contributed by atoms with E-state index in [2.05, 4.69) is 64.1 Å². The fraction of sp³-hybridized carbons (Fsp3) is 0.226. The topological polar surface area (TPSA) is 154 Å². The molecule has 80 heavy (non-hydrogen) atoms. The first kappa shape index (κ1) is 65.3. The molecule has 0 radical (unpaired) electrons. The van der Waals surface area contributed by atoms with Crippen LogP contribution in [0.1, 0.15) is 38.8 Å². The molecule has 0 aliphatic carbocycles. The van der Waals surface area contributed by atoms with E-state index < -0.39 is 30.2 Å². The summed E-state index contributed by atoms with van der Waals surface area (Å²) in [5.41, 5.74) is 8.67. The van der Waals surface area contributed by atoms with Crippen molar-refractivity contribution in [1.29, 1.82) is 0 Å². The van der Waals surface area contributed by atoms with Gasteiger partial charge in [-0.15, -0.1) is 39.5 Å². The predicted octanol–water partition coefficient (Wildman–Crippen LogP) is 14.6. The number of rotatable bonds is 11. The van der Waals surface area contributed by atoms with Crippen LogP contribution < -0.4 is 30.2 Å². The van der Waals surface area contributed by atoms with Gasteiger partial charge in [0.2, 0.25) is 0 Å². The fourth-order valence-electron chi connectivity index (χ4n) is 6.99. The van der Waals surface area contributed by atoms with Gasteiger partial charge in [-0.05, 0) is 160 Å². The van der Waals surface area contributed by atoms with E-state index in [0.29, 0.717) is 30.2 Å². The number of ether oxygens (including phenoxy) is 4. The number of nitrogens with two attached hydrogens (primary N) is 1. The van der Waals surface area contributed by atoms with Gasteiger partial charge in [0, 0.05) is 41.9 Å². The molecule has 424 valence electrons. The average molecular weight is 1220 g/mol. The number of hydrogen-bond donors (Lipinski definition) is 2. The summed E-state index contributed by atoms with van der Waals surface area (Å²) in [4.78, 5) is 40.2. The molecule has 0 atom stereocenters. The van der Waals surface area contributed by atoms with E-state index in [1.807, 2.05) is 79.4 Å². The number of alkyl halides is 9. The monoisotopic (exact) mass is 1210 g/mol. The largest absolute Gasteiger partial charge is 0.573 e. The van der Waals surface area contributed by atoms with Crippen LogP contribution in [0.3, 0.4) is 0 Å². The van der Waals surface area contributed by atoms with Crippen LogP contribution in [0.15, 0.2) is 151 Å². The number of isothiocyanates is 1. The number of pyridine rings is 2. The van der Waals surface area contributed by atoms with Crippen molar-refractivity contribution in [1.82, 2.24) is 20.2 Å². The third kappa shape index (κ3) is 20.8. The second kappa shape index (κ2) is 28.8. The Balaban J connectivity index is 0.000000241. The Kier molecular flexibility index (Phi) is 23.5. The maximum Gasteiger partial charge on any atom is 0.573 e. The van der Waals surface area contributed by atoms with Gasteiger partial charge in [0.1, 0.15) is 28.3 Å². The predicted molar refractivity (Wildman–Crippen MR) is 299 cm³/mol. The van der Waals surface area contributed by atoms with Gasteiger partial charge < -0.3 is 29.6 Å². The van der Waals surface area contributed by atoms with Gasteiger partial charge in [-0.3, -0.25) is 29.8 Å². The third-order valence-corrected chi connectivity index (χ3v) is 11.2. The Labute approximate surface area is 478 Å². The van der Waals surface area contributed by atoms with Gasteiger partial charge in [-0.1, -0.05) is 71.8 Å². The van der Waals surface area contributed by atoms with Crippen LogP contribution in [-0.4, -0.2) is 78.1 Å². The summed E-state index contributed by atoms with van der Waals surface area (Å²) in [6, 6.07) is 34.6. The molecular formula is C53H46Cl2F9N7O6S3. The number of aliphatic imine (C=N–C) groups is 1. The van der Waals surface area contributed by atoms with E-state index >= 15 is 0 Å². The van der Waals surface area contributed by atoms with Crippen LogP contribution in [0.5, 0.6) is 17.2 Å². The Bertz CT molecular complexity index is 3270. The molecule has 0 saturated carbocycles. The lowest BCUT2D eigenvalue weighted by atomic mass is 10.0. The summed E-state index contributed by atoms with van der Waals surface area (Å²) in [6.07, 6.45) is -10.6. The number of carbonyl (C=O) groups is 2. The molecule has 27 heteroatoms. The van der Waals surface area contributed by atoms with E-state index in [9.17, 15) is 49.1 Å². The van der Waals surface area contributed by atoms with Crippen LogP contribution in [0.4, 0.5) is 56.6 Å². The minimum absolute atomic E-state index is 0.0556. The zero-order valence-corrected chi connectivity index (χ0v) is 46.4. The van der Waals surface area contributed by atoms with Crippen molar-refractivity contribution in [3.8, 4) is 17.2 Å². The first-order valence-corrected chi connectivity index (χ1v) is 24.7. The molecular weight excluding hydrogens is 1170 g/mol. The summed E-state index contributed by atoms with van der Waals surface area (Å²) < 4.78 is 123. The van der Waals surface area contributed by atoms with Gasteiger partial charge >= 0.3 is 25.1 Å². The Hall–Kier alpha value is -7.25. The lowest BCUT2D eigenvalue weighted by Crippen LogP contribution is -2.46. The lowest BCUT2D eigenvalue weighted by molar-refractivity contribution is -0.275. The second-order valence-corrected chi connectivity index (χ2v) is 19.5. The third-order valence-electron chi connectivity index (χ3n) is 10.7. The zero-order chi connectivity index (χ0) is 59.6. The van der Waals surface area contributed by atoms with E-state index in [1.54, 1.807) is 26.2 Å². The number of esters is 1. The number of methoxy groups -OCH3 is 1. The quantitative estimate of drug-likeness (QED) is 0.0315.